The molecule has 20 heavy (non-hydrogen) atoms. The van der Waals surface area contributed by atoms with Crippen LogP contribution in [0.3, 0.4) is 0 Å². The number of nitrogens with zero attached hydrogens (tertiary/aromatic N) is 1. The summed E-state index contributed by atoms with van der Waals surface area (Å²) in [7, 11) is -3.93. The lowest BCUT2D eigenvalue weighted by molar-refractivity contribution is 0.00450. The molecule has 0 aliphatic carbocycles. The van der Waals surface area contributed by atoms with E-state index in [1.807, 2.05) is 0 Å². The highest BCUT2D eigenvalue weighted by Gasteiger charge is 2.30. The van der Waals surface area contributed by atoms with Crippen LogP contribution in [0.5, 0.6) is 0 Å². The lowest BCUT2D eigenvalue weighted by Gasteiger charge is -2.31. The van der Waals surface area contributed by atoms with Gasteiger partial charge in [-0.2, -0.15) is 4.31 Å². The second-order valence-electron chi connectivity index (χ2n) is 4.20. The average molecular weight is 329 g/mol. The maximum Gasteiger partial charge on any atom is 0.243 e. The van der Waals surface area contributed by atoms with Gasteiger partial charge in [-0.3, -0.25) is 0 Å². The van der Waals surface area contributed by atoms with Crippen molar-refractivity contribution in [2.24, 2.45) is 5.73 Å². The van der Waals surface area contributed by atoms with Crippen molar-refractivity contribution in [1.82, 2.24) is 4.31 Å². The molecule has 1 aromatic carbocycles. The van der Waals surface area contributed by atoms with Crippen LogP contribution >= 0.6 is 12.4 Å². The molecule has 1 fully saturated rings. The Hall–Kier alpha value is -0.800. The molecule has 0 radical (unpaired) electrons. The molecule has 1 saturated heterocycles. The standard InChI is InChI=1S/C11H14F2N2O3S.ClH/c12-8-3-9(13)5-11(4-8)19(16,17)15-1-2-18-10(6-14)7-15;/h3-5,10H,1-2,6-7,14H2;1H. The smallest absolute Gasteiger partial charge is 0.243 e. The van der Waals surface area contributed by atoms with Crippen LogP contribution in [0.4, 0.5) is 8.78 Å². The zero-order valence-electron chi connectivity index (χ0n) is 10.5. The second kappa shape index (κ2) is 6.77. The van der Waals surface area contributed by atoms with Gasteiger partial charge < -0.3 is 10.5 Å². The molecule has 0 amide bonds. The average Bonchev–Trinajstić information content (AvgIpc) is 2.37. The van der Waals surface area contributed by atoms with E-state index in [9.17, 15) is 17.2 Å². The van der Waals surface area contributed by atoms with Gasteiger partial charge in [-0.05, 0) is 12.1 Å². The normalized spacial score (nSPS) is 20.4. The number of nitrogens with two attached hydrogens (primary N) is 1. The highest BCUT2D eigenvalue weighted by molar-refractivity contribution is 7.89. The summed E-state index contributed by atoms with van der Waals surface area (Å²) in [5.74, 6) is -1.86. The van der Waals surface area contributed by atoms with Crippen molar-refractivity contribution in [3.63, 3.8) is 0 Å². The third kappa shape index (κ3) is 3.64. The molecule has 1 aliphatic heterocycles. The Bertz CT molecular complexity index is 551. The Morgan fingerprint density at radius 1 is 1.30 bits per heavy atom. The van der Waals surface area contributed by atoms with Gasteiger partial charge in [0.25, 0.3) is 0 Å². The molecule has 1 atom stereocenters. The molecule has 1 aliphatic rings. The first kappa shape index (κ1) is 17.3. The lowest BCUT2D eigenvalue weighted by Crippen LogP contribution is -2.48. The van der Waals surface area contributed by atoms with Crippen LogP contribution in [-0.4, -0.2) is 45.1 Å². The number of sulfonamides is 1. The minimum absolute atomic E-state index is 0. The zero-order chi connectivity index (χ0) is 14.0. The predicted molar refractivity (Wildman–Crippen MR) is 71.2 cm³/mol. The summed E-state index contributed by atoms with van der Waals surface area (Å²) in [5, 5.41) is 0. The molecule has 9 heteroatoms. The molecular weight excluding hydrogens is 314 g/mol. The first-order chi connectivity index (χ1) is 8.93. The van der Waals surface area contributed by atoms with Crippen LogP contribution in [-0.2, 0) is 14.8 Å². The van der Waals surface area contributed by atoms with Crippen LogP contribution in [0.25, 0.3) is 0 Å². The largest absolute Gasteiger partial charge is 0.374 e. The lowest BCUT2D eigenvalue weighted by atomic mass is 10.3. The summed E-state index contributed by atoms with van der Waals surface area (Å²) in [6.07, 6.45) is -0.401. The Morgan fingerprint density at radius 3 is 2.45 bits per heavy atom. The number of halogens is 3. The number of hydrogen-bond acceptors (Lipinski definition) is 4. The fraction of sp³-hybridized carbons (Fsp3) is 0.455. The molecule has 0 bridgehead atoms. The number of benzene rings is 1. The van der Waals surface area contributed by atoms with Gasteiger partial charge in [0.2, 0.25) is 10.0 Å². The topological polar surface area (TPSA) is 72.6 Å². The van der Waals surface area contributed by atoms with E-state index in [4.69, 9.17) is 10.5 Å². The molecule has 114 valence electrons. The summed E-state index contributed by atoms with van der Waals surface area (Å²) < 4.78 is 57.1. The molecule has 5 nitrogen and oxygen atoms in total. The van der Waals surface area contributed by atoms with Crippen molar-refractivity contribution >= 4 is 22.4 Å². The highest BCUT2D eigenvalue weighted by atomic mass is 35.5. The summed E-state index contributed by atoms with van der Waals surface area (Å²) in [5.41, 5.74) is 5.43. The van der Waals surface area contributed by atoms with E-state index in [0.29, 0.717) is 6.07 Å². The van der Waals surface area contributed by atoms with Crippen molar-refractivity contribution in [3.8, 4) is 0 Å². The number of morpholine rings is 1. The van der Waals surface area contributed by atoms with Crippen molar-refractivity contribution in [2.45, 2.75) is 11.0 Å². The van der Waals surface area contributed by atoms with Crippen LogP contribution in [0.2, 0.25) is 0 Å². The fourth-order valence-corrected chi connectivity index (χ4v) is 3.38. The van der Waals surface area contributed by atoms with Gasteiger partial charge in [0.15, 0.2) is 0 Å². The maximum absolute atomic E-state index is 13.1. The van der Waals surface area contributed by atoms with Crippen molar-refractivity contribution in [3.05, 3.63) is 29.8 Å². The van der Waals surface area contributed by atoms with E-state index in [1.54, 1.807) is 0 Å². The third-order valence-electron chi connectivity index (χ3n) is 2.84. The molecule has 1 heterocycles. The van der Waals surface area contributed by atoms with E-state index in [2.05, 4.69) is 0 Å². The minimum atomic E-state index is -3.93. The fourth-order valence-electron chi connectivity index (χ4n) is 1.88. The van der Waals surface area contributed by atoms with E-state index in [0.717, 1.165) is 16.4 Å². The van der Waals surface area contributed by atoms with E-state index < -0.39 is 32.7 Å². The predicted octanol–water partition coefficient (Wildman–Crippen LogP) is 0.735. The third-order valence-corrected chi connectivity index (χ3v) is 4.68. The summed E-state index contributed by atoms with van der Waals surface area (Å²) in [4.78, 5) is -0.400. The van der Waals surface area contributed by atoms with Crippen molar-refractivity contribution in [2.75, 3.05) is 26.2 Å². The Labute approximate surface area is 122 Å². The maximum atomic E-state index is 13.1. The van der Waals surface area contributed by atoms with Gasteiger partial charge in [0.1, 0.15) is 11.6 Å². The van der Waals surface area contributed by atoms with Gasteiger partial charge >= 0.3 is 0 Å². The van der Waals surface area contributed by atoms with Crippen LogP contribution in [0.15, 0.2) is 23.1 Å². The molecule has 2 rings (SSSR count). The van der Waals surface area contributed by atoms with Crippen molar-refractivity contribution in [1.29, 1.82) is 0 Å². The Morgan fingerprint density at radius 2 is 1.90 bits per heavy atom. The first-order valence-corrected chi connectivity index (χ1v) is 7.15. The zero-order valence-corrected chi connectivity index (χ0v) is 12.1. The highest BCUT2D eigenvalue weighted by Crippen LogP contribution is 2.20. The number of rotatable bonds is 3. The number of hydrogen-bond donors (Lipinski definition) is 1. The van der Waals surface area contributed by atoms with Gasteiger partial charge in [-0.1, -0.05) is 0 Å². The first-order valence-electron chi connectivity index (χ1n) is 5.71. The molecular formula is C11H15ClF2N2O3S. The summed E-state index contributed by atoms with van der Waals surface area (Å²) in [6.45, 7) is 0.607. The van der Waals surface area contributed by atoms with Gasteiger partial charge in [-0.15, -0.1) is 12.4 Å². The second-order valence-corrected chi connectivity index (χ2v) is 6.13. The van der Waals surface area contributed by atoms with Crippen LogP contribution < -0.4 is 5.73 Å². The van der Waals surface area contributed by atoms with Crippen molar-refractivity contribution < 1.29 is 21.9 Å². The molecule has 1 aromatic rings. The van der Waals surface area contributed by atoms with Crippen LogP contribution in [0.1, 0.15) is 0 Å². The Balaban J connectivity index is 0.00000200. The minimum Gasteiger partial charge on any atom is -0.374 e. The van der Waals surface area contributed by atoms with Crippen LogP contribution in [0, 0.1) is 11.6 Å². The molecule has 0 saturated carbocycles. The molecule has 0 aromatic heterocycles. The summed E-state index contributed by atoms with van der Waals surface area (Å²) >= 11 is 0. The quantitative estimate of drug-likeness (QED) is 0.888. The van der Waals surface area contributed by atoms with E-state index in [1.165, 1.54) is 0 Å². The van der Waals surface area contributed by atoms with Gasteiger partial charge in [0.05, 0.1) is 17.6 Å². The number of ether oxygens (including phenoxy) is 1. The van der Waals surface area contributed by atoms with Gasteiger partial charge in [0, 0.05) is 25.7 Å². The Kier molecular flexibility index (Phi) is 5.84. The van der Waals surface area contributed by atoms with E-state index in [-0.39, 0.29) is 38.6 Å². The SMILES string of the molecule is Cl.NCC1CN(S(=O)(=O)c2cc(F)cc(F)c2)CCO1. The van der Waals surface area contributed by atoms with E-state index >= 15 is 0 Å². The molecule has 1 unspecified atom stereocenters. The molecule has 2 N–H and O–H groups in total. The molecule has 0 spiro atoms. The monoisotopic (exact) mass is 328 g/mol. The summed E-state index contributed by atoms with van der Waals surface area (Å²) in [6, 6.07) is 2.22. The van der Waals surface area contributed by atoms with Gasteiger partial charge in [-0.25, -0.2) is 17.2 Å².